The minimum absolute atomic E-state index is 0.185. The monoisotopic (exact) mass is 342 g/mol. The lowest BCUT2D eigenvalue weighted by molar-refractivity contribution is 0.0516. The van der Waals surface area contributed by atoms with E-state index in [1.54, 1.807) is 16.5 Å². The van der Waals surface area contributed by atoms with Crippen molar-refractivity contribution in [1.29, 1.82) is 0 Å². The Bertz CT molecular complexity index is 813. The number of urea groups is 1. The third-order valence-electron chi connectivity index (χ3n) is 4.27. The number of hydrogen-bond donors (Lipinski definition) is 1. The van der Waals surface area contributed by atoms with Crippen LogP contribution in [-0.4, -0.2) is 39.8 Å². The van der Waals surface area contributed by atoms with Crippen LogP contribution in [0.4, 0.5) is 10.5 Å². The highest BCUT2D eigenvalue weighted by atomic mass is 16.5. The standard InChI is InChI=1S/C18H22N4O3/c1-4-25-17(23)16-14-11-22(9-8-15(14)21(3)20-16)18(24)19-13-7-5-6-12(2)10-13/h5-7,10H,4,8-9,11H2,1-3H3,(H,19,24). The van der Waals surface area contributed by atoms with E-state index >= 15 is 0 Å². The molecule has 0 atom stereocenters. The van der Waals surface area contributed by atoms with Crippen LogP contribution in [0.5, 0.6) is 0 Å². The lowest BCUT2D eigenvalue weighted by atomic mass is 10.1. The van der Waals surface area contributed by atoms with Crippen LogP contribution < -0.4 is 5.32 Å². The van der Waals surface area contributed by atoms with E-state index in [2.05, 4.69) is 10.4 Å². The summed E-state index contributed by atoms with van der Waals surface area (Å²) >= 11 is 0. The highest BCUT2D eigenvalue weighted by Crippen LogP contribution is 2.23. The number of carbonyl (C=O) groups excluding carboxylic acids is 2. The first-order chi connectivity index (χ1) is 12.0. The molecule has 25 heavy (non-hydrogen) atoms. The average Bonchev–Trinajstić information content (AvgIpc) is 2.91. The van der Waals surface area contributed by atoms with Crippen LogP contribution in [0.2, 0.25) is 0 Å². The van der Waals surface area contributed by atoms with E-state index in [9.17, 15) is 9.59 Å². The van der Waals surface area contributed by atoms with Gasteiger partial charge in [-0.3, -0.25) is 4.68 Å². The van der Waals surface area contributed by atoms with Gasteiger partial charge in [0.05, 0.1) is 13.2 Å². The molecule has 1 aliphatic heterocycles. The van der Waals surface area contributed by atoms with E-state index in [1.807, 2.05) is 38.2 Å². The molecule has 0 fully saturated rings. The molecule has 0 bridgehead atoms. The molecule has 1 N–H and O–H groups in total. The van der Waals surface area contributed by atoms with Gasteiger partial charge >= 0.3 is 12.0 Å². The molecule has 1 aromatic heterocycles. The summed E-state index contributed by atoms with van der Waals surface area (Å²) in [6.07, 6.45) is 0.652. The normalized spacial score (nSPS) is 13.3. The summed E-state index contributed by atoms with van der Waals surface area (Å²) in [7, 11) is 1.81. The first kappa shape index (κ1) is 17.0. The average molecular weight is 342 g/mol. The van der Waals surface area contributed by atoms with Crippen LogP contribution in [0.3, 0.4) is 0 Å². The highest BCUT2D eigenvalue weighted by molar-refractivity contribution is 5.91. The van der Waals surface area contributed by atoms with Crippen molar-refractivity contribution in [2.24, 2.45) is 7.05 Å². The lowest BCUT2D eigenvalue weighted by Gasteiger charge is -2.27. The zero-order chi connectivity index (χ0) is 18.0. The quantitative estimate of drug-likeness (QED) is 0.870. The molecule has 0 unspecified atom stereocenters. The van der Waals surface area contributed by atoms with Crippen molar-refractivity contribution < 1.29 is 14.3 Å². The number of fused-ring (bicyclic) bond motifs is 1. The summed E-state index contributed by atoms with van der Waals surface area (Å²) in [5, 5.41) is 7.19. The molecule has 0 aliphatic carbocycles. The minimum atomic E-state index is -0.444. The molecule has 2 amide bonds. The van der Waals surface area contributed by atoms with Crippen molar-refractivity contribution in [3.63, 3.8) is 0 Å². The van der Waals surface area contributed by atoms with Crippen molar-refractivity contribution in [2.45, 2.75) is 26.8 Å². The van der Waals surface area contributed by atoms with Gasteiger partial charge in [-0.25, -0.2) is 9.59 Å². The number of nitrogens with one attached hydrogen (secondary N) is 1. The first-order valence-electron chi connectivity index (χ1n) is 8.34. The number of esters is 1. The van der Waals surface area contributed by atoms with Crippen molar-refractivity contribution in [1.82, 2.24) is 14.7 Å². The number of aryl methyl sites for hydroxylation is 2. The summed E-state index contributed by atoms with van der Waals surface area (Å²) < 4.78 is 6.78. The molecule has 0 radical (unpaired) electrons. The predicted molar refractivity (Wildman–Crippen MR) is 93.5 cm³/mol. The number of carbonyl (C=O) groups is 2. The predicted octanol–water partition coefficient (Wildman–Crippen LogP) is 2.50. The molecule has 7 heteroatoms. The van der Waals surface area contributed by atoms with Gasteiger partial charge < -0.3 is 15.0 Å². The van der Waals surface area contributed by atoms with Gasteiger partial charge in [-0.15, -0.1) is 0 Å². The van der Waals surface area contributed by atoms with Crippen molar-refractivity contribution in [2.75, 3.05) is 18.5 Å². The van der Waals surface area contributed by atoms with Crippen LogP contribution in [0, 0.1) is 6.92 Å². The number of rotatable bonds is 3. The Morgan fingerprint density at radius 2 is 2.16 bits per heavy atom. The van der Waals surface area contributed by atoms with Crippen LogP contribution in [0.15, 0.2) is 24.3 Å². The largest absolute Gasteiger partial charge is 0.461 e. The first-order valence-corrected chi connectivity index (χ1v) is 8.34. The fourth-order valence-corrected chi connectivity index (χ4v) is 3.05. The van der Waals surface area contributed by atoms with Gasteiger partial charge in [0.2, 0.25) is 0 Å². The second-order valence-electron chi connectivity index (χ2n) is 6.09. The fourth-order valence-electron chi connectivity index (χ4n) is 3.05. The van der Waals surface area contributed by atoms with E-state index in [0.29, 0.717) is 31.8 Å². The van der Waals surface area contributed by atoms with Gasteiger partial charge in [0.1, 0.15) is 0 Å². The van der Waals surface area contributed by atoms with Crippen molar-refractivity contribution in [3.05, 3.63) is 46.8 Å². The van der Waals surface area contributed by atoms with Gasteiger partial charge in [0.25, 0.3) is 0 Å². The zero-order valence-electron chi connectivity index (χ0n) is 14.7. The number of ether oxygens (including phenoxy) is 1. The van der Waals surface area contributed by atoms with Crippen LogP contribution >= 0.6 is 0 Å². The molecular formula is C18H22N4O3. The Morgan fingerprint density at radius 3 is 2.88 bits per heavy atom. The topological polar surface area (TPSA) is 76.5 Å². The summed E-state index contributed by atoms with van der Waals surface area (Å²) in [6.45, 7) is 4.95. The Morgan fingerprint density at radius 1 is 1.36 bits per heavy atom. The Balaban J connectivity index is 1.78. The minimum Gasteiger partial charge on any atom is -0.461 e. The molecule has 132 valence electrons. The van der Waals surface area contributed by atoms with Gasteiger partial charge in [0, 0.05) is 37.0 Å². The maximum atomic E-state index is 12.6. The van der Waals surface area contributed by atoms with E-state index in [0.717, 1.165) is 22.5 Å². The molecule has 1 aromatic carbocycles. The molecule has 0 spiro atoms. The lowest BCUT2D eigenvalue weighted by Crippen LogP contribution is -2.39. The van der Waals surface area contributed by atoms with Crippen molar-refractivity contribution in [3.8, 4) is 0 Å². The fraction of sp³-hybridized carbons (Fsp3) is 0.389. The van der Waals surface area contributed by atoms with Gasteiger partial charge in [-0.2, -0.15) is 5.10 Å². The van der Waals surface area contributed by atoms with Crippen molar-refractivity contribution >= 4 is 17.7 Å². The van der Waals surface area contributed by atoms with Gasteiger partial charge in [0.15, 0.2) is 5.69 Å². The number of amides is 2. The molecule has 1 aliphatic rings. The second-order valence-corrected chi connectivity index (χ2v) is 6.09. The maximum absolute atomic E-state index is 12.6. The second kappa shape index (κ2) is 6.96. The van der Waals surface area contributed by atoms with Gasteiger partial charge in [-0.05, 0) is 31.5 Å². The number of benzene rings is 1. The van der Waals surface area contributed by atoms with Crippen LogP contribution in [0.1, 0.15) is 34.2 Å². The molecule has 7 nitrogen and oxygen atoms in total. The summed E-state index contributed by atoms with van der Waals surface area (Å²) in [5.74, 6) is -0.444. The van der Waals surface area contributed by atoms with E-state index < -0.39 is 5.97 Å². The van der Waals surface area contributed by atoms with E-state index in [4.69, 9.17) is 4.74 Å². The molecular weight excluding hydrogens is 320 g/mol. The SMILES string of the molecule is CCOC(=O)c1nn(C)c2c1CN(C(=O)Nc1cccc(C)c1)CC2. The molecule has 3 rings (SSSR count). The highest BCUT2D eigenvalue weighted by Gasteiger charge is 2.29. The molecule has 2 aromatic rings. The molecule has 0 saturated carbocycles. The Labute approximate surface area is 146 Å². The zero-order valence-corrected chi connectivity index (χ0v) is 14.7. The van der Waals surface area contributed by atoms with E-state index in [1.165, 1.54) is 0 Å². The Hall–Kier alpha value is -2.83. The van der Waals surface area contributed by atoms with Gasteiger partial charge in [-0.1, -0.05) is 12.1 Å². The summed E-state index contributed by atoms with van der Waals surface area (Å²) in [5.41, 5.74) is 3.88. The number of aromatic nitrogens is 2. The summed E-state index contributed by atoms with van der Waals surface area (Å²) in [4.78, 5) is 26.4. The maximum Gasteiger partial charge on any atom is 0.359 e. The van der Waals surface area contributed by atoms with E-state index in [-0.39, 0.29) is 6.03 Å². The van der Waals surface area contributed by atoms with Crippen LogP contribution in [0.25, 0.3) is 0 Å². The molecule has 2 heterocycles. The smallest absolute Gasteiger partial charge is 0.359 e. The van der Waals surface area contributed by atoms with Crippen LogP contribution in [-0.2, 0) is 24.8 Å². The number of hydrogen-bond acceptors (Lipinski definition) is 4. The Kier molecular flexibility index (Phi) is 4.74. The summed E-state index contributed by atoms with van der Waals surface area (Å²) in [6, 6.07) is 7.47. The number of nitrogens with zero attached hydrogens (tertiary/aromatic N) is 3. The third-order valence-corrected chi connectivity index (χ3v) is 4.27. The number of anilines is 1. The molecule has 0 saturated heterocycles. The third kappa shape index (κ3) is 3.50.